The molecule has 0 atom stereocenters. The predicted molar refractivity (Wildman–Crippen MR) is 103 cm³/mol. The second kappa shape index (κ2) is 9.09. The van der Waals surface area contributed by atoms with Gasteiger partial charge in [0.15, 0.2) is 11.5 Å². The van der Waals surface area contributed by atoms with Crippen LogP contribution >= 0.6 is 11.8 Å². The maximum absolute atomic E-state index is 12.1. The van der Waals surface area contributed by atoms with E-state index in [2.05, 4.69) is 41.0 Å². The number of hydrogen-bond donors (Lipinski definition) is 1. The monoisotopic (exact) mass is 358 g/mol. The molecule has 4 nitrogen and oxygen atoms in total. The first-order valence-electron chi connectivity index (χ1n) is 9.12. The van der Waals surface area contributed by atoms with Crippen molar-refractivity contribution in [2.75, 3.05) is 18.6 Å². The first-order valence-corrected chi connectivity index (χ1v) is 10.5. The Morgan fingerprint density at radius 3 is 2.72 bits per heavy atom. The van der Waals surface area contributed by atoms with E-state index >= 15 is 0 Å². The Morgan fingerprint density at radius 1 is 1.24 bits per heavy atom. The zero-order valence-corrected chi connectivity index (χ0v) is 15.6. The zero-order valence-electron chi connectivity index (χ0n) is 14.8. The number of rotatable bonds is 7. The van der Waals surface area contributed by atoms with Gasteiger partial charge in [-0.05, 0) is 42.8 Å². The summed E-state index contributed by atoms with van der Waals surface area (Å²) in [6, 6.07) is 10.3. The molecule has 0 spiro atoms. The Bertz CT molecular complexity index is 675. The molecule has 1 saturated carbocycles. The van der Waals surface area contributed by atoms with Gasteiger partial charge in [-0.1, -0.05) is 48.7 Å². The van der Waals surface area contributed by atoms with E-state index in [0.717, 1.165) is 17.7 Å². The number of thioether (sulfide) groups is 1. The summed E-state index contributed by atoms with van der Waals surface area (Å²) in [4.78, 5) is 12.1. The highest BCUT2D eigenvalue weighted by Crippen LogP contribution is 2.33. The number of nitrogens with one attached hydrogen (secondary N) is 1. The van der Waals surface area contributed by atoms with Crippen LogP contribution < -0.4 is 5.32 Å². The van der Waals surface area contributed by atoms with E-state index in [4.69, 9.17) is 4.52 Å². The highest BCUT2D eigenvalue weighted by molar-refractivity contribution is 7.98. The summed E-state index contributed by atoms with van der Waals surface area (Å²) in [5.41, 5.74) is 2.72. The van der Waals surface area contributed by atoms with Crippen molar-refractivity contribution in [3.05, 3.63) is 41.6 Å². The van der Waals surface area contributed by atoms with E-state index < -0.39 is 0 Å². The quantitative estimate of drug-likeness (QED) is 0.717. The predicted octanol–water partition coefficient (Wildman–Crippen LogP) is 4.87. The van der Waals surface area contributed by atoms with Crippen LogP contribution in [0, 0.1) is 0 Å². The third kappa shape index (κ3) is 4.88. The Kier molecular flexibility index (Phi) is 6.56. The smallest absolute Gasteiger partial charge is 0.273 e. The fourth-order valence-electron chi connectivity index (χ4n) is 3.38. The molecular formula is C20H26N2O2S. The third-order valence-corrected chi connectivity index (χ3v) is 5.52. The Labute approximate surface area is 153 Å². The number of hydrogen-bond acceptors (Lipinski definition) is 4. The fourth-order valence-corrected chi connectivity index (χ4v) is 3.82. The minimum atomic E-state index is -0.171. The normalized spacial score (nSPS) is 15.2. The summed E-state index contributed by atoms with van der Waals surface area (Å²) >= 11 is 1.78. The topological polar surface area (TPSA) is 55.1 Å². The molecule has 3 rings (SSSR count). The van der Waals surface area contributed by atoms with Crippen LogP contribution in [0.5, 0.6) is 0 Å². The van der Waals surface area contributed by atoms with Crippen molar-refractivity contribution in [3.8, 4) is 11.3 Å². The van der Waals surface area contributed by atoms with Crippen molar-refractivity contribution in [1.82, 2.24) is 10.5 Å². The number of benzene rings is 1. The Balaban J connectivity index is 1.60. The van der Waals surface area contributed by atoms with E-state index in [1.165, 1.54) is 37.7 Å². The van der Waals surface area contributed by atoms with Gasteiger partial charge in [0.25, 0.3) is 5.91 Å². The van der Waals surface area contributed by atoms with E-state index in [-0.39, 0.29) is 5.91 Å². The van der Waals surface area contributed by atoms with Gasteiger partial charge in [-0.2, -0.15) is 11.8 Å². The lowest BCUT2D eigenvalue weighted by Crippen LogP contribution is -2.25. The molecule has 0 bridgehead atoms. The molecule has 0 radical (unpaired) electrons. The van der Waals surface area contributed by atoms with Crippen molar-refractivity contribution in [1.29, 1.82) is 0 Å². The van der Waals surface area contributed by atoms with E-state index in [1.54, 1.807) is 17.8 Å². The lowest BCUT2D eigenvalue weighted by atomic mass is 9.84. The molecule has 2 aromatic rings. The van der Waals surface area contributed by atoms with Crippen LogP contribution in [0.25, 0.3) is 11.3 Å². The molecule has 0 saturated heterocycles. The van der Waals surface area contributed by atoms with E-state index in [0.29, 0.717) is 23.9 Å². The van der Waals surface area contributed by atoms with Gasteiger partial charge in [0.1, 0.15) is 0 Å². The number of nitrogens with zero attached hydrogens (tertiary/aromatic N) is 1. The summed E-state index contributed by atoms with van der Waals surface area (Å²) in [6.07, 6.45) is 9.65. The molecule has 1 fully saturated rings. The van der Waals surface area contributed by atoms with Crippen LogP contribution in [0.4, 0.5) is 0 Å². The minimum Gasteiger partial charge on any atom is -0.355 e. The molecule has 0 aliphatic heterocycles. The van der Waals surface area contributed by atoms with Crippen LogP contribution in [0.3, 0.4) is 0 Å². The SMILES string of the molecule is CSCCCNC(=O)c1cc(-c2ccc(C3CCCCC3)cc2)on1. The van der Waals surface area contributed by atoms with Crippen LogP contribution in [0.15, 0.2) is 34.9 Å². The minimum absolute atomic E-state index is 0.171. The van der Waals surface area contributed by atoms with Crippen LogP contribution in [-0.2, 0) is 0 Å². The summed E-state index contributed by atoms with van der Waals surface area (Å²) in [5, 5.41) is 6.79. The highest BCUT2D eigenvalue weighted by Gasteiger charge is 2.17. The lowest BCUT2D eigenvalue weighted by molar-refractivity contribution is 0.0945. The molecule has 0 unspecified atom stereocenters. The second-order valence-corrected chi connectivity index (χ2v) is 7.62. The van der Waals surface area contributed by atoms with Crippen molar-refractivity contribution in [2.24, 2.45) is 0 Å². The molecule has 1 aliphatic carbocycles. The van der Waals surface area contributed by atoms with Gasteiger partial charge in [0, 0.05) is 18.2 Å². The molecule has 1 N–H and O–H groups in total. The number of aromatic nitrogens is 1. The molecule has 25 heavy (non-hydrogen) atoms. The van der Waals surface area contributed by atoms with Crippen LogP contribution in [0.1, 0.15) is 60.5 Å². The van der Waals surface area contributed by atoms with Crippen molar-refractivity contribution >= 4 is 17.7 Å². The van der Waals surface area contributed by atoms with Gasteiger partial charge >= 0.3 is 0 Å². The summed E-state index contributed by atoms with van der Waals surface area (Å²) in [7, 11) is 0. The van der Waals surface area contributed by atoms with Crippen molar-refractivity contribution < 1.29 is 9.32 Å². The lowest BCUT2D eigenvalue weighted by Gasteiger charge is -2.21. The molecular weight excluding hydrogens is 332 g/mol. The number of carbonyl (C=O) groups excluding carboxylic acids is 1. The van der Waals surface area contributed by atoms with Crippen LogP contribution in [-0.4, -0.2) is 29.6 Å². The molecule has 1 aromatic heterocycles. The largest absolute Gasteiger partial charge is 0.355 e. The first-order chi connectivity index (χ1) is 12.3. The molecule has 134 valence electrons. The maximum Gasteiger partial charge on any atom is 0.273 e. The number of carbonyl (C=O) groups is 1. The van der Waals surface area contributed by atoms with E-state index in [9.17, 15) is 4.79 Å². The number of amides is 1. The van der Waals surface area contributed by atoms with Gasteiger partial charge in [-0.15, -0.1) is 0 Å². The van der Waals surface area contributed by atoms with Gasteiger partial charge in [-0.25, -0.2) is 0 Å². The fraction of sp³-hybridized carbons (Fsp3) is 0.500. The van der Waals surface area contributed by atoms with Gasteiger partial charge in [-0.3, -0.25) is 4.79 Å². The third-order valence-electron chi connectivity index (χ3n) is 4.83. The Hall–Kier alpha value is -1.75. The average Bonchev–Trinajstić information content (AvgIpc) is 3.16. The average molecular weight is 359 g/mol. The molecule has 1 aliphatic rings. The van der Waals surface area contributed by atoms with Gasteiger partial charge < -0.3 is 9.84 Å². The van der Waals surface area contributed by atoms with E-state index in [1.807, 2.05) is 0 Å². The molecule has 5 heteroatoms. The van der Waals surface area contributed by atoms with Crippen molar-refractivity contribution in [3.63, 3.8) is 0 Å². The molecule has 1 aromatic carbocycles. The van der Waals surface area contributed by atoms with Gasteiger partial charge in [0.05, 0.1) is 0 Å². The van der Waals surface area contributed by atoms with Crippen LogP contribution in [0.2, 0.25) is 0 Å². The molecule has 1 amide bonds. The zero-order chi connectivity index (χ0) is 17.5. The highest BCUT2D eigenvalue weighted by atomic mass is 32.2. The first kappa shape index (κ1) is 18.1. The summed E-state index contributed by atoms with van der Waals surface area (Å²) < 4.78 is 5.37. The van der Waals surface area contributed by atoms with Gasteiger partial charge in [0.2, 0.25) is 0 Å². The standard InChI is InChI=1S/C20H26N2O2S/c1-25-13-5-12-21-20(23)18-14-19(24-22-18)17-10-8-16(9-11-17)15-6-3-2-4-7-15/h8-11,14-15H,2-7,12-13H2,1H3,(H,21,23). The second-order valence-electron chi connectivity index (χ2n) is 6.64. The maximum atomic E-state index is 12.1. The molecule has 1 heterocycles. The van der Waals surface area contributed by atoms with Crippen molar-refractivity contribution in [2.45, 2.75) is 44.4 Å². The summed E-state index contributed by atoms with van der Waals surface area (Å²) in [5.74, 6) is 2.21. The Morgan fingerprint density at radius 2 is 2.00 bits per heavy atom. The summed E-state index contributed by atoms with van der Waals surface area (Å²) in [6.45, 7) is 0.665.